The molecule has 7 heteroatoms. The van der Waals surface area contributed by atoms with E-state index in [2.05, 4.69) is 17.3 Å². The van der Waals surface area contributed by atoms with Crippen LogP contribution in [0.5, 0.6) is 5.75 Å². The second-order valence-electron chi connectivity index (χ2n) is 8.41. The average Bonchev–Trinajstić information content (AvgIpc) is 3.30. The number of aromatic nitrogens is 2. The fourth-order valence-corrected chi connectivity index (χ4v) is 4.19. The van der Waals surface area contributed by atoms with Gasteiger partial charge < -0.3 is 14.8 Å². The summed E-state index contributed by atoms with van der Waals surface area (Å²) in [6, 6.07) is 17.0. The number of hydrogen-bond donors (Lipinski definition) is 1. The minimum Gasteiger partial charge on any atom is -0.497 e. The predicted molar refractivity (Wildman–Crippen MR) is 125 cm³/mol. The molecule has 1 fully saturated rings. The van der Waals surface area contributed by atoms with Crippen molar-refractivity contribution in [3.8, 4) is 22.7 Å². The van der Waals surface area contributed by atoms with E-state index in [1.807, 2.05) is 54.6 Å². The van der Waals surface area contributed by atoms with Crippen molar-refractivity contribution in [2.24, 2.45) is 5.92 Å². The summed E-state index contributed by atoms with van der Waals surface area (Å²) in [5, 5.41) is 7.65. The summed E-state index contributed by atoms with van der Waals surface area (Å²) in [4.78, 5) is 25.4. The maximum absolute atomic E-state index is 13.0. The Morgan fingerprint density at radius 2 is 1.79 bits per heavy atom. The fourth-order valence-electron chi connectivity index (χ4n) is 4.19. The summed E-state index contributed by atoms with van der Waals surface area (Å²) in [5.74, 6) is 0.279. The lowest BCUT2D eigenvalue weighted by atomic mass is 9.86. The van der Waals surface area contributed by atoms with Crippen LogP contribution in [0.4, 0.5) is 0 Å². The van der Waals surface area contributed by atoms with Crippen LogP contribution < -0.4 is 10.1 Å². The van der Waals surface area contributed by atoms with Crippen molar-refractivity contribution >= 4 is 11.9 Å². The summed E-state index contributed by atoms with van der Waals surface area (Å²) in [6.07, 6.45) is 6.01. The molecule has 33 heavy (non-hydrogen) atoms. The summed E-state index contributed by atoms with van der Waals surface area (Å²) in [7, 11) is 1.60. The third kappa shape index (κ3) is 5.42. The standard InChI is InChI=1S/C26H29N3O4/c1-18-8-6-7-11-23(18)27-24(30)17-33-26(31)22-16-29(20-9-4-3-5-10-20)28-25(22)19-12-14-21(32-2)15-13-19/h3-5,9-10,12-16,18,23H,6-8,11,17H2,1-2H3,(H,27,30)/t18-,23+/m1/s1. The van der Waals surface area contributed by atoms with Crippen molar-refractivity contribution in [3.63, 3.8) is 0 Å². The molecule has 0 unspecified atom stereocenters. The first-order valence-corrected chi connectivity index (χ1v) is 11.3. The van der Waals surface area contributed by atoms with Gasteiger partial charge in [0.1, 0.15) is 17.0 Å². The molecule has 3 aromatic rings. The molecule has 1 aromatic heterocycles. The highest BCUT2D eigenvalue weighted by Gasteiger charge is 2.24. The van der Waals surface area contributed by atoms with E-state index in [9.17, 15) is 9.59 Å². The number of methoxy groups -OCH3 is 1. The van der Waals surface area contributed by atoms with Gasteiger partial charge in [0.2, 0.25) is 0 Å². The molecular weight excluding hydrogens is 418 g/mol. The maximum atomic E-state index is 13.0. The van der Waals surface area contributed by atoms with Gasteiger partial charge in [0.05, 0.1) is 12.8 Å². The second-order valence-corrected chi connectivity index (χ2v) is 8.41. The molecule has 1 aliphatic rings. The molecule has 4 rings (SSSR count). The first-order valence-electron chi connectivity index (χ1n) is 11.3. The number of rotatable bonds is 7. The van der Waals surface area contributed by atoms with Crippen molar-refractivity contribution in [1.29, 1.82) is 0 Å². The molecule has 0 saturated heterocycles. The normalized spacial score (nSPS) is 17.9. The minimum absolute atomic E-state index is 0.139. The quantitative estimate of drug-likeness (QED) is 0.543. The number of nitrogens with one attached hydrogen (secondary N) is 1. The molecule has 1 aliphatic carbocycles. The van der Waals surface area contributed by atoms with Crippen LogP contribution in [-0.2, 0) is 9.53 Å². The van der Waals surface area contributed by atoms with Gasteiger partial charge in [0.15, 0.2) is 6.61 Å². The molecule has 1 amide bonds. The molecule has 1 saturated carbocycles. The van der Waals surface area contributed by atoms with Gasteiger partial charge >= 0.3 is 5.97 Å². The molecule has 7 nitrogen and oxygen atoms in total. The van der Waals surface area contributed by atoms with E-state index in [-0.39, 0.29) is 18.6 Å². The largest absolute Gasteiger partial charge is 0.497 e. The Bertz CT molecular complexity index is 1090. The molecular formula is C26H29N3O4. The minimum atomic E-state index is -0.588. The third-order valence-corrected chi connectivity index (χ3v) is 6.11. The molecule has 2 aromatic carbocycles. The maximum Gasteiger partial charge on any atom is 0.342 e. The molecule has 0 radical (unpaired) electrons. The lowest BCUT2D eigenvalue weighted by Crippen LogP contribution is -2.42. The zero-order valence-corrected chi connectivity index (χ0v) is 19.0. The molecule has 1 heterocycles. The van der Waals surface area contributed by atoms with Crippen LogP contribution in [0.2, 0.25) is 0 Å². The molecule has 172 valence electrons. The molecule has 2 atom stereocenters. The number of benzene rings is 2. The second kappa shape index (κ2) is 10.3. The SMILES string of the molecule is COc1ccc(-c2nn(-c3ccccc3)cc2C(=O)OCC(=O)N[C@H]2CCCC[C@H]2C)cc1. The van der Waals surface area contributed by atoms with Gasteiger partial charge in [-0.25, -0.2) is 9.48 Å². The van der Waals surface area contributed by atoms with Gasteiger partial charge in [-0.15, -0.1) is 0 Å². The van der Waals surface area contributed by atoms with Crippen LogP contribution in [-0.4, -0.2) is 41.4 Å². The summed E-state index contributed by atoms with van der Waals surface area (Å²) in [5.41, 5.74) is 2.34. The van der Waals surface area contributed by atoms with Crippen molar-refractivity contribution in [2.45, 2.75) is 38.6 Å². The Morgan fingerprint density at radius 3 is 2.48 bits per heavy atom. The first kappa shape index (κ1) is 22.6. The van der Waals surface area contributed by atoms with Crippen LogP contribution in [0.15, 0.2) is 60.8 Å². The van der Waals surface area contributed by atoms with Crippen LogP contribution in [0.25, 0.3) is 16.9 Å². The Kier molecular flexibility index (Phi) is 7.07. The van der Waals surface area contributed by atoms with E-state index in [1.165, 1.54) is 6.42 Å². The average molecular weight is 448 g/mol. The monoisotopic (exact) mass is 447 g/mol. The fraction of sp³-hybridized carbons (Fsp3) is 0.346. The van der Waals surface area contributed by atoms with Gasteiger partial charge in [0.25, 0.3) is 5.91 Å². The smallest absolute Gasteiger partial charge is 0.342 e. The van der Waals surface area contributed by atoms with Crippen molar-refractivity contribution in [3.05, 3.63) is 66.4 Å². The Hall–Kier alpha value is -3.61. The van der Waals surface area contributed by atoms with Gasteiger partial charge in [-0.1, -0.05) is 38.0 Å². The number of nitrogens with zero attached hydrogens (tertiary/aromatic N) is 2. The number of carbonyl (C=O) groups is 2. The van der Waals surface area contributed by atoms with Gasteiger partial charge in [0, 0.05) is 17.8 Å². The highest BCUT2D eigenvalue weighted by Crippen LogP contribution is 2.27. The topological polar surface area (TPSA) is 82.5 Å². The summed E-state index contributed by atoms with van der Waals surface area (Å²) >= 11 is 0. The Labute approximate surface area is 193 Å². The van der Waals surface area contributed by atoms with Gasteiger partial charge in [-0.05, 0) is 55.2 Å². The first-order chi connectivity index (χ1) is 16.0. The number of ether oxygens (including phenoxy) is 2. The molecule has 0 aliphatic heterocycles. The highest BCUT2D eigenvalue weighted by atomic mass is 16.5. The lowest BCUT2D eigenvalue weighted by molar-refractivity contribution is -0.125. The summed E-state index contributed by atoms with van der Waals surface area (Å²) < 4.78 is 12.3. The van der Waals surface area contributed by atoms with Crippen molar-refractivity contribution in [1.82, 2.24) is 15.1 Å². The number of esters is 1. The zero-order chi connectivity index (χ0) is 23.2. The summed E-state index contributed by atoms with van der Waals surface area (Å²) in [6.45, 7) is 1.83. The number of amides is 1. The van der Waals surface area contributed by atoms with Crippen LogP contribution in [0.3, 0.4) is 0 Å². The Balaban J connectivity index is 1.52. The van der Waals surface area contributed by atoms with E-state index >= 15 is 0 Å². The molecule has 0 spiro atoms. The highest BCUT2D eigenvalue weighted by molar-refractivity contribution is 5.97. The predicted octanol–water partition coefficient (Wildman–Crippen LogP) is 4.40. The molecule has 0 bridgehead atoms. The van der Waals surface area contributed by atoms with E-state index in [0.717, 1.165) is 30.5 Å². The number of hydrogen-bond acceptors (Lipinski definition) is 5. The third-order valence-electron chi connectivity index (χ3n) is 6.11. The van der Waals surface area contributed by atoms with E-state index in [4.69, 9.17) is 9.47 Å². The number of para-hydroxylation sites is 1. The van der Waals surface area contributed by atoms with E-state index < -0.39 is 5.97 Å². The van der Waals surface area contributed by atoms with Crippen LogP contribution in [0.1, 0.15) is 43.0 Å². The number of carbonyl (C=O) groups excluding carboxylic acids is 2. The van der Waals surface area contributed by atoms with Crippen LogP contribution in [0, 0.1) is 5.92 Å². The van der Waals surface area contributed by atoms with Crippen molar-refractivity contribution in [2.75, 3.05) is 13.7 Å². The van der Waals surface area contributed by atoms with Crippen LogP contribution >= 0.6 is 0 Å². The van der Waals surface area contributed by atoms with Crippen molar-refractivity contribution < 1.29 is 19.1 Å². The molecule has 1 N–H and O–H groups in total. The van der Waals surface area contributed by atoms with Gasteiger partial charge in [-0.3, -0.25) is 4.79 Å². The van der Waals surface area contributed by atoms with E-state index in [1.54, 1.807) is 18.0 Å². The lowest BCUT2D eigenvalue weighted by Gasteiger charge is -2.29. The zero-order valence-electron chi connectivity index (χ0n) is 19.0. The Morgan fingerprint density at radius 1 is 1.06 bits per heavy atom. The van der Waals surface area contributed by atoms with Gasteiger partial charge in [-0.2, -0.15) is 5.10 Å². The van der Waals surface area contributed by atoms with E-state index in [0.29, 0.717) is 22.9 Å².